The quantitative estimate of drug-likeness (QED) is 0.823. The highest BCUT2D eigenvalue weighted by Crippen LogP contribution is 2.19. The molecular formula is C18H20BrNO. The Hall–Kier alpha value is -1.61. The van der Waals surface area contributed by atoms with Crippen LogP contribution in [0, 0.1) is 0 Å². The summed E-state index contributed by atoms with van der Waals surface area (Å²) in [6, 6.07) is 15.8. The van der Waals surface area contributed by atoms with Gasteiger partial charge >= 0.3 is 0 Å². The summed E-state index contributed by atoms with van der Waals surface area (Å²) >= 11 is 3.45. The zero-order valence-electron chi connectivity index (χ0n) is 12.6. The second-order valence-corrected chi connectivity index (χ2v) is 6.44. The third-order valence-electron chi connectivity index (χ3n) is 3.54. The van der Waals surface area contributed by atoms with Crippen molar-refractivity contribution in [2.45, 2.75) is 32.7 Å². The Morgan fingerprint density at radius 1 is 1.00 bits per heavy atom. The predicted octanol–water partition coefficient (Wildman–Crippen LogP) is 5.06. The molecule has 1 atom stereocenters. The first-order valence-electron chi connectivity index (χ1n) is 7.13. The second-order valence-electron chi connectivity index (χ2n) is 5.53. The highest BCUT2D eigenvalue weighted by atomic mass is 79.9. The van der Waals surface area contributed by atoms with E-state index in [1.807, 2.05) is 55.5 Å². The molecule has 3 heteroatoms. The van der Waals surface area contributed by atoms with E-state index in [4.69, 9.17) is 0 Å². The number of carbonyl (C=O) groups excluding carboxylic acids is 1. The Morgan fingerprint density at radius 2 is 1.67 bits per heavy atom. The summed E-state index contributed by atoms with van der Waals surface area (Å²) in [6.45, 7) is 6.27. The van der Waals surface area contributed by atoms with Gasteiger partial charge in [-0.15, -0.1) is 0 Å². The molecule has 2 rings (SSSR count). The third-order valence-corrected chi connectivity index (χ3v) is 4.03. The van der Waals surface area contributed by atoms with Gasteiger partial charge in [-0.2, -0.15) is 0 Å². The molecule has 110 valence electrons. The van der Waals surface area contributed by atoms with Crippen LogP contribution in [0.3, 0.4) is 0 Å². The zero-order chi connectivity index (χ0) is 15.4. The Morgan fingerprint density at radius 3 is 2.24 bits per heavy atom. The van der Waals surface area contributed by atoms with Gasteiger partial charge in [0.2, 0.25) is 0 Å². The molecule has 0 spiro atoms. The van der Waals surface area contributed by atoms with E-state index in [1.54, 1.807) is 0 Å². The fourth-order valence-corrected chi connectivity index (χ4v) is 2.58. The highest BCUT2D eigenvalue weighted by molar-refractivity contribution is 9.10. The lowest BCUT2D eigenvalue weighted by Crippen LogP contribution is -2.26. The van der Waals surface area contributed by atoms with Crippen molar-refractivity contribution in [3.8, 4) is 0 Å². The Kier molecular flexibility index (Phi) is 5.18. The number of rotatable bonds is 4. The van der Waals surface area contributed by atoms with Gasteiger partial charge in [-0.05, 0) is 48.2 Å². The maximum atomic E-state index is 12.3. The lowest BCUT2D eigenvalue weighted by molar-refractivity contribution is 0.0940. The van der Waals surface area contributed by atoms with E-state index in [2.05, 4.69) is 35.1 Å². The van der Waals surface area contributed by atoms with Crippen molar-refractivity contribution in [1.29, 1.82) is 0 Å². The molecule has 0 aliphatic heterocycles. The van der Waals surface area contributed by atoms with Gasteiger partial charge in [-0.25, -0.2) is 0 Å². The van der Waals surface area contributed by atoms with Crippen LogP contribution in [0.25, 0.3) is 0 Å². The summed E-state index contributed by atoms with van der Waals surface area (Å²) in [4.78, 5) is 12.3. The van der Waals surface area contributed by atoms with E-state index >= 15 is 0 Å². The van der Waals surface area contributed by atoms with Gasteiger partial charge < -0.3 is 5.32 Å². The van der Waals surface area contributed by atoms with Crippen LogP contribution in [0.5, 0.6) is 0 Å². The molecule has 0 aliphatic rings. The molecule has 21 heavy (non-hydrogen) atoms. The van der Waals surface area contributed by atoms with Crippen molar-refractivity contribution in [2.75, 3.05) is 0 Å². The fourth-order valence-electron chi connectivity index (χ4n) is 2.16. The van der Waals surface area contributed by atoms with Crippen LogP contribution >= 0.6 is 15.9 Å². The second kappa shape index (κ2) is 6.90. The van der Waals surface area contributed by atoms with Crippen molar-refractivity contribution >= 4 is 21.8 Å². The van der Waals surface area contributed by atoms with Crippen molar-refractivity contribution in [1.82, 2.24) is 5.32 Å². The average molecular weight is 346 g/mol. The van der Waals surface area contributed by atoms with E-state index in [1.165, 1.54) is 5.56 Å². The van der Waals surface area contributed by atoms with E-state index in [-0.39, 0.29) is 11.9 Å². The van der Waals surface area contributed by atoms with Gasteiger partial charge in [0, 0.05) is 10.0 Å². The van der Waals surface area contributed by atoms with Gasteiger partial charge in [0.25, 0.3) is 5.91 Å². The largest absolute Gasteiger partial charge is 0.346 e. The smallest absolute Gasteiger partial charge is 0.251 e. The maximum absolute atomic E-state index is 12.3. The average Bonchev–Trinajstić information content (AvgIpc) is 2.47. The molecule has 0 aliphatic carbocycles. The number of hydrogen-bond donors (Lipinski definition) is 1. The molecule has 0 saturated carbocycles. The van der Waals surface area contributed by atoms with Crippen LogP contribution in [0.4, 0.5) is 0 Å². The van der Waals surface area contributed by atoms with Gasteiger partial charge in [0.15, 0.2) is 0 Å². The van der Waals surface area contributed by atoms with Gasteiger partial charge in [0.1, 0.15) is 0 Å². The molecule has 0 bridgehead atoms. The Bertz CT molecular complexity index is 619. The van der Waals surface area contributed by atoms with E-state index in [0.717, 1.165) is 10.0 Å². The Balaban J connectivity index is 2.07. The SMILES string of the molecule is CC(C)c1ccc(C(=O)NC(C)c2cccc(Br)c2)cc1. The maximum Gasteiger partial charge on any atom is 0.251 e. The normalized spacial score (nSPS) is 12.2. The first-order chi connectivity index (χ1) is 9.97. The number of amides is 1. The molecule has 2 aromatic carbocycles. The standard InChI is InChI=1S/C18H20BrNO/c1-12(2)14-7-9-15(10-8-14)18(21)20-13(3)16-5-4-6-17(19)11-16/h4-13H,1-3H3,(H,20,21). The molecule has 0 heterocycles. The molecular weight excluding hydrogens is 326 g/mol. The zero-order valence-corrected chi connectivity index (χ0v) is 14.1. The molecule has 0 aromatic heterocycles. The number of hydrogen-bond acceptors (Lipinski definition) is 1. The monoisotopic (exact) mass is 345 g/mol. The number of benzene rings is 2. The van der Waals surface area contributed by atoms with E-state index in [9.17, 15) is 4.79 Å². The summed E-state index contributed by atoms with van der Waals surface area (Å²) in [5.74, 6) is 0.431. The summed E-state index contributed by atoms with van der Waals surface area (Å²) in [7, 11) is 0. The Labute approximate surface area is 134 Å². The molecule has 0 saturated heterocycles. The molecule has 2 nitrogen and oxygen atoms in total. The molecule has 2 aromatic rings. The third kappa shape index (κ3) is 4.18. The number of nitrogens with one attached hydrogen (secondary N) is 1. The highest BCUT2D eigenvalue weighted by Gasteiger charge is 2.12. The molecule has 1 amide bonds. The molecule has 0 radical (unpaired) electrons. The summed E-state index contributed by atoms with van der Waals surface area (Å²) < 4.78 is 1.02. The van der Waals surface area contributed by atoms with E-state index < -0.39 is 0 Å². The van der Waals surface area contributed by atoms with Crippen LogP contribution < -0.4 is 5.32 Å². The van der Waals surface area contributed by atoms with E-state index in [0.29, 0.717) is 11.5 Å². The van der Waals surface area contributed by atoms with Crippen LogP contribution in [0.15, 0.2) is 53.0 Å². The minimum Gasteiger partial charge on any atom is -0.346 e. The minimum atomic E-state index is -0.0437. The van der Waals surface area contributed by atoms with Gasteiger partial charge in [0.05, 0.1) is 6.04 Å². The molecule has 1 N–H and O–H groups in total. The number of carbonyl (C=O) groups is 1. The van der Waals surface area contributed by atoms with Gasteiger partial charge in [-0.3, -0.25) is 4.79 Å². The predicted molar refractivity (Wildman–Crippen MR) is 90.6 cm³/mol. The van der Waals surface area contributed by atoms with Crippen LogP contribution in [0.1, 0.15) is 54.2 Å². The van der Waals surface area contributed by atoms with Crippen molar-refractivity contribution in [3.63, 3.8) is 0 Å². The first kappa shape index (κ1) is 15.8. The van der Waals surface area contributed by atoms with Crippen LogP contribution in [-0.2, 0) is 0 Å². The van der Waals surface area contributed by atoms with Gasteiger partial charge in [-0.1, -0.05) is 54.0 Å². The van der Waals surface area contributed by atoms with Crippen molar-refractivity contribution in [2.24, 2.45) is 0 Å². The van der Waals surface area contributed by atoms with Crippen molar-refractivity contribution < 1.29 is 4.79 Å². The number of halogens is 1. The lowest BCUT2D eigenvalue weighted by Gasteiger charge is -2.15. The summed E-state index contributed by atoms with van der Waals surface area (Å²) in [6.07, 6.45) is 0. The topological polar surface area (TPSA) is 29.1 Å². The first-order valence-corrected chi connectivity index (χ1v) is 7.93. The lowest BCUT2D eigenvalue weighted by atomic mass is 10.0. The molecule has 0 fully saturated rings. The minimum absolute atomic E-state index is 0.0280. The fraction of sp³-hybridized carbons (Fsp3) is 0.278. The summed E-state index contributed by atoms with van der Waals surface area (Å²) in [5, 5.41) is 3.03. The van der Waals surface area contributed by atoms with Crippen LogP contribution in [-0.4, -0.2) is 5.91 Å². The van der Waals surface area contributed by atoms with Crippen LogP contribution in [0.2, 0.25) is 0 Å². The van der Waals surface area contributed by atoms with Crippen molar-refractivity contribution in [3.05, 3.63) is 69.7 Å². The summed E-state index contributed by atoms with van der Waals surface area (Å²) in [5.41, 5.74) is 3.02. The molecule has 1 unspecified atom stereocenters.